The van der Waals surface area contributed by atoms with Crippen molar-refractivity contribution in [2.45, 2.75) is 116 Å². The largest absolute Gasteiger partial charge is 0.461 e. The van der Waals surface area contributed by atoms with Crippen molar-refractivity contribution in [1.29, 1.82) is 0 Å². The molecular formula is C24H33F11O4. The molecule has 15 heteroatoms. The van der Waals surface area contributed by atoms with Gasteiger partial charge in [0.25, 0.3) is 0 Å². The number of hydrogen-bond acceptors (Lipinski definition) is 4. The van der Waals surface area contributed by atoms with Crippen LogP contribution in [0.1, 0.15) is 79.6 Å². The Hall–Kier alpha value is -1.83. The lowest BCUT2D eigenvalue weighted by atomic mass is 9.66. The third-order valence-corrected chi connectivity index (χ3v) is 7.59. The van der Waals surface area contributed by atoms with Crippen molar-refractivity contribution in [2.75, 3.05) is 6.61 Å². The smallest absolute Gasteiger partial charge is 0.438 e. The third-order valence-electron chi connectivity index (χ3n) is 7.59. The van der Waals surface area contributed by atoms with Gasteiger partial charge < -0.3 is 9.47 Å². The minimum Gasteiger partial charge on any atom is -0.461 e. The standard InChI is InChI=1S/C24H33F11O4/c1-6-19(5,18(2,3)4)17(37)38-13-15(39-16(36)14-10-8-7-9-11-14)12-20(25,26)22(28,29)21(27,23(30,31)32)24(33,34)35/h14-15H,6-13H2,1-5H3. The second kappa shape index (κ2) is 11.6. The molecule has 230 valence electrons. The maximum atomic E-state index is 14.6. The average molecular weight is 595 g/mol. The van der Waals surface area contributed by atoms with Crippen molar-refractivity contribution in [2.24, 2.45) is 16.7 Å². The van der Waals surface area contributed by atoms with Gasteiger partial charge in [-0.2, -0.15) is 43.9 Å². The number of carbonyl (C=O) groups is 2. The SMILES string of the molecule is CCC(C)(C(=O)OCC(CC(F)(F)C(F)(F)C(F)(C(F)(F)F)C(F)(F)F)OC(=O)C1CCCCC1)C(C)(C)C. The van der Waals surface area contributed by atoms with E-state index in [1.54, 1.807) is 27.7 Å². The van der Waals surface area contributed by atoms with Crippen LogP contribution in [-0.2, 0) is 19.1 Å². The minimum atomic E-state index is -7.64. The van der Waals surface area contributed by atoms with Gasteiger partial charge in [0.2, 0.25) is 0 Å². The molecule has 0 aromatic heterocycles. The summed E-state index contributed by atoms with van der Waals surface area (Å²) in [6.07, 6.45) is -18.0. The summed E-state index contributed by atoms with van der Waals surface area (Å²) in [5.74, 6) is -17.0. The van der Waals surface area contributed by atoms with E-state index in [9.17, 15) is 57.9 Å². The van der Waals surface area contributed by atoms with Crippen LogP contribution in [0.15, 0.2) is 0 Å². The Morgan fingerprint density at radius 2 is 1.26 bits per heavy atom. The van der Waals surface area contributed by atoms with Gasteiger partial charge in [-0.15, -0.1) is 0 Å². The molecule has 1 saturated carbocycles. The normalized spacial score (nSPS) is 19.3. The Morgan fingerprint density at radius 3 is 1.64 bits per heavy atom. The average Bonchev–Trinajstić information content (AvgIpc) is 2.78. The Balaban J connectivity index is 3.40. The molecule has 2 atom stereocenters. The van der Waals surface area contributed by atoms with Crippen molar-refractivity contribution in [1.82, 2.24) is 0 Å². The van der Waals surface area contributed by atoms with Crippen molar-refractivity contribution in [3.63, 3.8) is 0 Å². The van der Waals surface area contributed by atoms with Gasteiger partial charge in [-0.3, -0.25) is 9.59 Å². The zero-order chi connectivity index (χ0) is 30.9. The summed E-state index contributed by atoms with van der Waals surface area (Å²) >= 11 is 0. The molecule has 0 saturated heterocycles. The van der Waals surface area contributed by atoms with Crippen LogP contribution in [0.25, 0.3) is 0 Å². The zero-order valence-electron chi connectivity index (χ0n) is 22.1. The van der Waals surface area contributed by atoms with E-state index in [2.05, 4.69) is 0 Å². The van der Waals surface area contributed by atoms with E-state index in [1.165, 1.54) is 6.92 Å². The van der Waals surface area contributed by atoms with E-state index in [-0.39, 0.29) is 19.3 Å². The fourth-order valence-electron chi connectivity index (χ4n) is 4.23. The molecule has 0 aliphatic heterocycles. The second-order valence-electron chi connectivity index (χ2n) is 11.1. The number of alkyl halides is 11. The predicted molar refractivity (Wildman–Crippen MR) is 116 cm³/mol. The van der Waals surface area contributed by atoms with Crippen LogP contribution in [0.3, 0.4) is 0 Å². The summed E-state index contributed by atoms with van der Waals surface area (Å²) in [4.78, 5) is 25.3. The lowest BCUT2D eigenvalue weighted by molar-refractivity contribution is -0.428. The van der Waals surface area contributed by atoms with Crippen LogP contribution in [0.4, 0.5) is 48.3 Å². The number of hydrogen-bond donors (Lipinski definition) is 0. The minimum absolute atomic E-state index is 0.123. The summed E-state index contributed by atoms with van der Waals surface area (Å²) in [7, 11) is 0. The zero-order valence-corrected chi connectivity index (χ0v) is 22.1. The first-order valence-electron chi connectivity index (χ1n) is 12.3. The molecule has 0 bridgehead atoms. The fraction of sp³-hybridized carbons (Fsp3) is 0.917. The number of halogens is 11. The van der Waals surface area contributed by atoms with Crippen LogP contribution < -0.4 is 0 Å². The molecule has 0 aromatic carbocycles. The van der Waals surface area contributed by atoms with Gasteiger partial charge in [0.1, 0.15) is 12.7 Å². The van der Waals surface area contributed by atoms with Crippen LogP contribution in [0.5, 0.6) is 0 Å². The van der Waals surface area contributed by atoms with Crippen LogP contribution in [0.2, 0.25) is 0 Å². The summed E-state index contributed by atoms with van der Waals surface area (Å²) in [6, 6.07) is 0. The first-order chi connectivity index (χ1) is 17.3. The molecular weight excluding hydrogens is 561 g/mol. The lowest BCUT2D eigenvalue weighted by Gasteiger charge is -2.41. The molecule has 1 rings (SSSR count). The molecule has 1 aliphatic carbocycles. The highest BCUT2D eigenvalue weighted by Crippen LogP contribution is 2.60. The number of rotatable bonds is 10. The van der Waals surface area contributed by atoms with Crippen molar-refractivity contribution < 1.29 is 67.4 Å². The molecule has 0 amide bonds. The molecule has 0 N–H and O–H groups in total. The van der Waals surface area contributed by atoms with Gasteiger partial charge in [-0.05, 0) is 31.6 Å². The first kappa shape index (κ1) is 35.2. The van der Waals surface area contributed by atoms with E-state index >= 15 is 0 Å². The van der Waals surface area contributed by atoms with E-state index < -0.39 is 77.7 Å². The fourth-order valence-corrected chi connectivity index (χ4v) is 4.23. The van der Waals surface area contributed by atoms with Crippen LogP contribution in [-0.4, -0.2) is 54.5 Å². The van der Waals surface area contributed by atoms with Crippen molar-refractivity contribution in [3.8, 4) is 0 Å². The highest BCUT2D eigenvalue weighted by atomic mass is 19.4. The molecule has 0 heterocycles. The lowest BCUT2D eigenvalue weighted by Crippen LogP contribution is -2.70. The number of esters is 2. The maximum Gasteiger partial charge on any atom is 0.438 e. The van der Waals surface area contributed by atoms with Crippen molar-refractivity contribution in [3.05, 3.63) is 0 Å². The molecule has 0 aromatic rings. The van der Waals surface area contributed by atoms with Gasteiger partial charge in [0.05, 0.1) is 17.8 Å². The summed E-state index contributed by atoms with van der Waals surface area (Å²) in [6.45, 7) is 6.43. The van der Waals surface area contributed by atoms with E-state index in [0.29, 0.717) is 19.3 Å². The van der Waals surface area contributed by atoms with Gasteiger partial charge in [-0.25, -0.2) is 4.39 Å². The maximum absolute atomic E-state index is 14.6. The van der Waals surface area contributed by atoms with E-state index in [0.717, 1.165) is 0 Å². The highest BCUT2D eigenvalue weighted by molar-refractivity contribution is 5.77. The Bertz CT molecular complexity index is 842. The van der Waals surface area contributed by atoms with E-state index in [4.69, 9.17) is 9.47 Å². The Labute approximate surface area is 218 Å². The molecule has 1 aliphatic rings. The van der Waals surface area contributed by atoms with Gasteiger partial charge in [0.15, 0.2) is 0 Å². The van der Waals surface area contributed by atoms with Crippen LogP contribution in [0, 0.1) is 16.7 Å². The third kappa shape index (κ3) is 6.91. The number of carbonyl (C=O) groups excluding carboxylic acids is 2. The molecule has 0 spiro atoms. The summed E-state index contributed by atoms with van der Waals surface area (Å²) in [5.41, 5.74) is -9.76. The molecule has 2 unspecified atom stereocenters. The second-order valence-corrected chi connectivity index (χ2v) is 11.1. The molecule has 4 nitrogen and oxygen atoms in total. The Morgan fingerprint density at radius 1 is 0.795 bits per heavy atom. The molecule has 1 fully saturated rings. The van der Waals surface area contributed by atoms with Gasteiger partial charge in [0, 0.05) is 0 Å². The topological polar surface area (TPSA) is 52.6 Å². The van der Waals surface area contributed by atoms with Gasteiger partial charge in [-0.1, -0.05) is 47.0 Å². The highest BCUT2D eigenvalue weighted by Gasteiger charge is 2.90. The quantitative estimate of drug-likeness (QED) is 0.190. The molecule has 39 heavy (non-hydrogen) atoms. The predicted octanol–water partition coefficient (Wildman–Crippen LogP) is 7.98. The van der Waals surface area contributed by atoms with Crippen molar-refractivity contribution >= 4 is 11.9 Å². The first-order valence-corrected chi connectivity index (χ1v) is 12.3. The van der Waals surface area contributed by atoms with Crippen LogP contribution >= 0.6 is 0 Å². The summed E-state index contributed by atoms with van der Waals surface area (Å²) in [5, 5.41) is 0. The molecule has 0 radical (unpaired) electrons. The van der Waals surface area contributed by atoms with Gasteiger partial charge >= 0.3 is 41.8 Å². The Kier molecular flexibility index (Phi) is 10.4. The monoisotopic (exact) mass is 594 g/mol. The summed E-state index contributed by atoms with van der Waals surface area (Å²) < 4.78 is 159. The van der Waals surface area contributed by atoms with E-state index in [1.807, 2.05) is 0 Å². The number of ether oxygens (including phenoxy) is 2.